The van der Waals surface area contributed by atoms with Crippen LogP contribution in [0.2, 0.25) is 0 Å². The van der Waals surface area contributed by atoms with Crippen LogP contribution in [0.25, 0.3) is 0 Å². The van der Waals surface area contributed by atoms with Crippen LogP contribution in [0.15, 0.2) is 29.4 Å². The van der Waals surface area contributed by atoms with Crippen LogP contribution < -0.4 is 10.1 Å². The van der Waals surface area contributed by atoms with Gasteiger partial charge in [-0.1, -0.05) is 30.0 Å². The molecule has 1 heterocycles. The normalized spacial score (nSPS) is 13.9. The summed E-state index contributed by atoms with van der Waals surface area (Å²) in [6, 6.07) is 7.64. The number of benzene rings is 1. The zero-order valence-electron chi connectivity index (χ0n) is 12.3. The van der Waals surface area contributed by atoms with Gasteiger partial charge in [0.15, 0.2) is 0 Å². The third-order valence-electron chi connectivity index (χ3n) is 3.45. The average molecular weight is 318 g/mol. The molecule has 1 saturated carbocycles. The third-order valence-corrected chi connectivity index (χ3v) is 4.29. The molecule has 0 bridgehead atoms. The maximum atomic E-state index is 11.9. The average Bonchev–Trinajstić information content (AvgIpc) is 3.30. The van der Waals surface area contributed by atoms with Gasteiger partial charge in [0.05, 0.1) is 12.9 Å². The Morgan fingerprint density at radius 2 is 2.27 bits per heavy atom. The highest BCUT2D eigenvalue weighted by Crippen LogP contribution is 2.38. The summed E-state index contributed by atoms with van der Waals surface area (Å²) in [6.45, 7) is 0.449. The first-order valence-electron chi connectivity index (χ1n) is 7.20. The summed E-state index contributed by atoms with van der Waals surface area (Å²) >= 11 is 1.34. The number of hydrogen-bond acceptors (Lipinski definition) is 5. The van der Waals surface area contributed by atoms with Crippen molar-refractivity contribution in [1.82, 2.24) is 20.5 Å². The Bertz CT molecular complexity index is 654. The van der Waals surface area contributed by atoms with Crippen molar-refractivity contribution < 1.29 is 9.53 Å². The molecule has 1 aliphatic carbocycles. The van der Waals surface area contributed by atoms with E-state index in [9.17, 15) is 4.79 Å². The number of aromatic nitrogens is 3. The summed E-state index contributed by atoms with van der Waals surface area (Å²) in [5, 5.41) is 10.6. The molecule has 0 spiro atoms. The highest BCUT2D eigenvalue weighted by Gasteiger charge is 2.27. The third kappa shape index (κ3) is 3.79. The van der Waals surface area contributed by atoms with Gasteiger partial charge in [-0.2, -0.15) is 0 Å². The predicted molar refractivity (Wildman–Crippen MR) is 83.9 cm³/mol. The van der Waals surface area contributed by atoms with E-state index in [2.05, 4.69) is 20.5 Å². The van der Waals surface area contributed by atoms with Gasteiger partial charge in [0.1, 0.15) is 11.6 Å². The van der Waals surface area contributed by atoms with Gasteiger partial charge in [-0.3, -0.25) is 9.89 Å². The van der Waals surface area contributed by atoms with Crippen LogP contribution in [0, 0.1) is 0 Å². The Kier molecular flexibility index (Phi) is 4.62. The molecule has 1 amide bonds. The Labute approximate surface area is 133 Å². The first-order chi connectivity index (χ1) is 10.8. The number of hydrogen-bond donors (Lipinski definition) is 2. The molecule has 0 atom stereocenters. The number of thioether (sulfide) groups is 1. The monoisotopic (exact) mass is 318 g/mol. The van der Waals surface area contributed by atoms with E-state index in [1.807, 2.05) is 24.3 Å². The summed E-state index contributed by atoms with van der Waals surface area (Å²) < 4.78 is 5.26. The second-order valence-corrected chi connectivity index (χ2v) is 6.10. The molecule has 1 aliphatic rings. The number of carbonyl (C=O) groups excluding carboxylic acids is 1. The molecule has 0 saturated heterocycles. The number of ether oxygens (including phenoxy) is 1. The van der Waals surface area contributed by atoms with E-state index in [1.165, 1.54) is 24.6 Å². The molecular formula is C15H18N4O2S. The molecule has 6 nitrogen and oxygen atoms in total. The van der Waals surface area contributed by atoms with Crippen molar-refractivity contribution in [3.8, 4) is 5.75 Å². The maximum Gasteiger partial charge on any atom is 0.230 e. The number of carbonyl (C=O) groups is 1. The second kappa shape index (κ2) is 6.83. The number of para-hydroxylation sites is 1. The molecule has 0 radical (unpaired) electrons. The highest BCUT2D eigenvalue weighted by molar-refractivity contribution is 7.99. The Balaban J connectivity index is 1.45. The van der Waals surface area contributed by atoms with Crippen LogP contribution in [0.1, 0.15) is 30.1 Å². The number of nitrogens with one attached hydrogen (secondary N) is 2. The smallest absolute Gasteiger partial charge is 0.230 e. The van der Waals surface area contributed by atoms with E-state index in [0.717, 1.165) is 17.1 Å². The molecule has 7 heteroatoms. The molecule has 3 rings (SSSR count). The quantitative estimate of drug-likeness (QED) is 0.764. The van der Waals surface area contributed by atoms with Crippen LogP contribution in [-0.2, 0) is 11.3 Å². The summed E-state index contributed by atoms with van der Waals surface area (Å²) in [6.07, 6.45) is 2.36. The highest BCUT2D eigenvalue weighted by atomic mass is 32.2. The minimum absolute atomic E-state index is 0.0475. The zero-order valence-corrected chi connectivity index (χ0v) is 13.2. The van der Waals surface area contributed by atoms with Gasteiger partial charge >= 0.3 is 0 Å². The lowest BCUT2D eigenvalue weighted by molar-refractivity contribution is -0.118. The largest absolute Gasteiger partial charge is 0.496 e. The molecule has 1 aromatic carbocycles. The van der Waals surface area contributed by atoms with Crippen LogP contribution in [0.4, 0.5) is 0 Å². The van der Waals surface area contributed by atoms with Gasteiger partial charge in [0.25, 0.3) is 0 Å². The summed E-state index contributed by atoms with van der Waals surface area (Å²) in [7, 11) is 1.62. The number of rotatable bonds is 7. The molecule has 22 heavy (non-hydrogen) atoms. The van der Waals surface area contributed by atoms with Crippen molar-refractivity contribution in [3.05, 3.63) is 35.7 Å². The van der Waals surface area contributed by atoms with Gasteiger partial charge in [-0.15, -0.1) is 5.10 Å². The molecule has 1 fully saturated rings. The Morgan fingerprint density at radius 1 is 1.45 bits per heavy atom. The first kappa shape index (κ1) is 14.9. The summed E-state index contributed by atoms with van der Waals surface area (Å²) in [4.78, 5) is 16.3. The lowest BCUT2D eigenvalue weighted by Crippen LogP contribution is -2.24. The second-order valence-electron chi connectivity index (χ2n) is 5.15. The number of nitrogens with zero attached hydrogens (tertiary/aromatic N) is 2. The fraction of sp³-hybridized carbons (Fsp3) is 0.400. The van der Waals surface area contributed by atoms with Gasteiger partial charge in [-0.25, -0.2) is 4.98 Å². The van der Waals surface area contributed by atoms with Crippen molar-refractivity contribution in [2.45, 2.75) is 30.5 Å². The van der Waals surface area contributed by atoms with Crippen LogP contribution in [-0.4, -0.2) is 34.0 Å². The van der Waals surface area contributed by atoms with Gasteiger partial charge in [-0.05, 0) is 18.9 Å². The minimum Gasteiger partial charge on any atom is -0.496 e. The van der Waals surface area contributed by atoms with Crippen LogP contribution >= 0.6 is 11.8 Å². The zero-order chi connectivity index (χ0) is 15.4. The summed E-state index contributed by atoms with van der Waals surface area (Å²) in [5.74, 6) is 2.52. The fourth-order valence-corrected chi connectivity index (χ4v) is 2.72. The molecule has 116 valence electrons. The van der Waals surface area contributed by atoms with E-state index in [-0.39, 0.29) is 5.91 Å². The lowest BCUT2D eigenvalue weighted by Gasteiger charge is -2.08. The molecule has 2 N–H and O–H groups in total. The number of aromatic amines is 1. The molecular weight excluding hydrogens is 300 g/mol. The van der Waals surface area contributed by atoms with E-state index < -0.39 is 0 Å². The summed E-state index contributed by atoms with van der Waals surface area (Å²) in [5.41, 5.74) is 0.956. The number of H-pyrrole nitrogens is 1. The van der Waals surface area contributed by atoms with Crippen molar-refractivity contribution in [3.63, 3.8) is 0 Å². The molecule has 2 aromatic rings. The van der Waals surface area contributed by atoms with Crippen molar-refractivity contribution in [2.24, 2.45) is 0 Å². The van der Waals surface area contributed by atoms with Gasteiger partial charge in [0, 0.05) is 18.0 Å². The standard InChI is InChI=1S/C15H18N4O2S/c1-21-12-5-3-2-4-11(12)8-16-13(20)9-22-15-17-14(18-19-15)10-6-7-10/h2-5,10H,6-9H2,1H3,(H,16,20)(H,17,18,19). The predicted octanol–water partition coefficient (Wildman–Crippen LogP) is 2.10. The van der Waals surface area contributed by atoms with E-state index >= 15 is 0 Å². The van der Waals surface area contributed by atoms with Crippen molar-refractivity contribution >= 4 is 17.7 Å². The minimum atomic E-state index is -0.0475. The molecule has 1 aromatic heterocycles. The van der Waals surface area contributed by atoms with E-state index in [0.29, 0.717) is 23.4 Å². The maximum absolute atomic E-state index is 11.9. The van der Waals surface area contributed by atoms with Crippen LogP contribution in [0.5, 0.6) is 5.75 Å². The van der Waals surface area contributed by atoms with E-state index in [1.54, 1.807) is 7.11 Å². The topological polar surface area (TPSA) is 79.9 Å². The number of methoxy groups -OCH3 is 1. The Hall–Kier alpha value is -2.02. The molecule has 0 aliphatic heterocycles. The Morgan fingerprint density at radius 3 is 3.05 bits per heavy atom. The first-order valence-corrected chi connectivity index (χ1v) is 8.18. The van der Waals surface area contributed by atoms with Gasteiger partial charge < -0.3 is 10.1 Å². The van der Waals surface area contributed by atoms with E-state index in [4.69, 9.17) is 4.74 Å². The number of amides is 1. The van der Waals surface area contributed by atoms with Gasteiger partial charge in [0.2, 0.25) is 11.1 Å². The molecule has 0 unspecified atom stereocenters. The fourth-order valence-electron chi connectivity index (χ4n) is 2.09. The SMILES string of the molecule is COc1ccccc1CNC(=O)CSc1n[nH]c(C2CC2)n1. The van der Waals surface area contributed by atoms with Crippen molar-refractivity contribution in [1.29, 1.82) is 0 Å². The van der Waals surface area contributed by atoms with Crippen LogP contribution in [0.3, 0.4) is 0 Å². The lowest BCUT2D eigenvalue weighted by atomic mass is 10.2. The van der Waals surface area contributed by atoms with Crippen molar-refractivity contribution in [2.75, 3.05) is 12.9 Å².